The lowest BCUT2D eigenvalue weighted by Gasteiger charge is -2.06. The number of carbonyl (C=O) groups excluding carboxylic acids is 1. The van der Waals surface area contributed by atoms with E-state index in [2.05, 4.69) is 20.5 Å². The molecule has 0 aliphatic carbocycles. The predicted octanol–water partition coefficient (Wildman–Crippen LogP) is 3.82. The van der Waals surface area contributed by atoms with Gasteiger partial charge in [0.15, 0.2) is 0 Å². The molecule has 0 atom stereocenters. The second-order valence-electron chi connectivity index (χ2n) is 5.63. The van der Waals surface area contributed by atoms with E-state index in [1.54, 1.807) is 43.6 Å². The molecule has 0 saturated carbocycles. The topological polar surface area (TPSA) is 82.8 Å². The first-order valence-corrected chi connectivity index (χ1v) is 7.81. The number of carbonyl (C=O) groups is 1. The lowest BCUT2D eigenvalue weighted by atomic mass is 10.1. The summed E-state index contributed by atoms with van der Waals surface area (Å²) in [6.07, 6.45) is 1.77. The first-order chi connectivity index (χ1) is 12.2. The average molecular weight is 332 g/mol. The summed E-state index contributed by atoms with van der Waals surface area (Å²) in [4.78, 5) is 15.8. The first kappa shape index (κ1) is 15.0. The van der Waals surface area contributed by atoms with Crippen LogP contribution in [0.15, 0.2) is 60.8 Å². The van der Waals surface area contributed by atoms with Crippen LogP contribution in [-0.2, 0) is 0 Å². The summed E-state index contributed by atoms with van der Waals surface area (Å²) in [6.45, 7) is 0. The van der Waals surface area contributed by atoms with E-state index in [-0.39, 0.29) is 5.91 Å². The summed E-state index contributed by atoms with van der Waals surface area (Å²) in [6, 6.07) is 16.7. The van der Waals surface area contributed by atoms with E-state index in [9.17, 15) is 4.79 Å². The van der Waals surface area contributed by atoms with E-state index in [1.165, 1.54) is 0 Å². The number of methoxy groups -OCH3 is 1. The van der Waals surface area contributed by atoms with Crippen molar-refractivity contribution in [2.75, 3.05) is 12.4 Å². The van der Waals surface area contributed by atoms with Crippen molar-refractivity contribution in [2.24, 2.45) is 0 Å². The number of fused-ring (bicyclic) bond motifs is 1. The molecule has 6 heteroatoms. The van der Waals surface area contributed by atoms with Crippen LogP contribution in [0.2, 0.25) is 0 Å². The highest BCUT2D eigenvalue weighted by atomic mass is 16.5. The maximum Gasteiger partial charge on any atom is 0.255 e. The summed E-state index contributed by atoms with van der Waals surface area (Å²) in [5, 5.41) is 10.8. The number of aromatic amines is 2. The Labute approximate surface area is 143 Å². The van der Waals surface area contributed by atoms with Crippen LogP contribution >= 0.6 is 0 Å². The molecule has 3 N–H and O–H groups in total. The quantitative estimate of drug-likeness (QED) is 0.531. The molecule has 25 heavy (non-hydrogen) atoms. The Bertz CT molecular complexity index is 1020. The molecule has 2 aromatic carbocycles. The fourth-order valence-electron chi connectivity index (χ4n) is 2.70. The number of nitrogens with zero attached hydrogens (tertiary/aromatic N) is 1. The number of amides is 1. The van der Waals surface area contributed by atoms with Crippen LogP contribution in [0.25, 0.3) is 22.3 Å². The average Bonchev–Trinajstić information content (AvgIpc) is 3.31. The lowest BCUT2D eigenvalue weighted by molar-refractivity contribution is 0.102. The third-order valence-corrected chi connectivity index (χ3v) is 4.01. The fraction of sp³-hybridized carbons (Fsp3) is 0.0526. The highest BCUT2D eigenvalue weighted by Crippen LogP contribution is 2.24. The number of rotatable bonds is 4. The number of nitrogens with one attached hydrogen (secondary N) is 3. The predicted molar refractivity (Wildman–Crippen MR) is 96.8 cm³/mol. The third kappa shape index (κ3) is 2.97. The summed E-state index contributed by atoms with van der Waals surface area (Å²) in [7, 11) is 1.61. The van der Waals surface area contributed by atoms with E-state index in [0.29, 0.717) is 5.56 Å². The Morgan fingerprint density at radius 2 is 1.92 bits per heavy atom. The molecule has 4 aromatic rings. The second-order valence-corrected chi connectivity index (χ2v) is 5.63. The summed E-state index contributed by atoms with van der Waals surface area (Å²) < 4.78 is 5.12. The summed E-state index contributed by atoms with van der Waals surface area (Å²) in [5.41, 5.74) is 4.01. The first-order valence-electron chi connectivity index (χ1n) is 7.81. The van der Waals surface area contributed by atoms with Gasteiger partial charge in [0, 0.05) is 28.4 Å². The molecule has 0 saturated heterocycles. The summed E-state index contributed by atoms with van der Waals surface area (Å²) >= 11 is 0. The zero-order valence-electron chi connectivity index (χ0n) is 13.5. The smallest absolute Gasteiger partial charge is 0.255 e. The molecule has 0 unspecified atom stereocenters. The van der Waals surface area contributed by atoms with Gasteiger partial charge >= 0.3 is 0 Å². The van der Waals surface area contributed by atoms with Gasteiger partial charge in [-0.3, -0.25) is 9.89 Å². The molecule has 0 bridgehead atoms. The van der Waals surface area contributed by atoms with Crippen molar-refractivity contribution in [2.45, 2.75) is 0 Å². The monoisotopic (exact) mass is 332 g/mol. The second kappa shape index (κ2) is 6.16. The summed E-state index contributed by atoms with van der Waals surface area (Å²) in [5.74, 6) is 0.590. The zero-order chi connectivity index (χ0) is 17.2. The van der Waals surface area contributed by atoms with E-state index in [0.717, 1.165) is 33.7 Å². The van der Waals surface area contributed by atoms with Gasteiger partial charge in [-0.2, -0.15) is 5.10 Å². The van der Waals surface area contributed by atoms with Gasteiger partial charge in [-0.25, -0.2) is 0 Å². The van der Waals surface area contributed by atoms with Gasteiger partial charge in [-0.15, -0.1) is 0 Å². The van der Waals surface area contributed by atoms with Gasteiger partial charge in [-0.1, -0.05) is 0 Å². The van der Waals surface area contributed by atoms with Gasteiger partial charge in [0.2, 0.25) is 0 Å². The van der Waals surface area contributed by atoms with E-state index in [4.69, 9.17) is 4.74 Å². The van der Waals surface area contributed by atoms with Crippen molar-refractivity contribution in [3.63, 3.8) is 0 Å². The van der Waals surface area contributed by atoms with Crippen molar-refractivity contribution in [3.8, 4) is 17.1 Å². The van der Waals surface area contributed by atoms with Gasteiger partial charge in [0.05, 0.1) is 12.8 Å². The standard InChI is InChI=1S/C19H16N4O2/c1-25-15-5-3-14(4-6-15)21-19(24)12-2-7-16-13(10-12)11-18(22-16)17-8-9-20-23-17/h2-11,22H,1H3,(H,20,23)(H,21,24). The minimum Gasteiger partial charge on any atom is -0.497 e. The maximum atomic E-state index is 12.5. The molecule has 0 radical (unpaired) electrons. The molecule has 0 fully saturated rings. The van der Waals surface area contributed by atoms with Gasteiger partial charge < -0.3 is 15.0 Å². The number of hydrogen-bond donors (Lipinski definition) is 3. The molecule has 1 amide bonds. The van der Waals surface area contributed by atoms with Gasteiger partial charge in [0.1, 0.15) is 11.4 Å². The molecular formula is C19H16N4O2. The van der Waals surface area contributed by atoms with Crippen LogP contribution < -0.4 is 10.1 Å². The van der Waals surface area contributed by atoms with Crippen LogP contribution in [0.1, 0.15) is 10.4 Å². The normalized spacial score (nSPS) is 10.8. The fourth-order valence-corrected chi connectivity index (χ4v) is 2.70. The molecule has 2 aromatic heterocycles. The third-order valence-electron chi connectivity index (χ3n) is 4.01. The Morgan fingerprint density at radius 1 is 1.08 bits per heavy atom. The van der Waals surface area contributed by atoms with Crippen LogP contribution in [0.5, 0.6) is 5.75 Å². The Morgan fingerprint density at radius 3 is 2.64 bits per heavy atom. The van der Waals surface area contributed by atoms with Crippen molar-refractivity contribution < 1.29 is 9.53 Å². The number of benzene rings is 2. The molecule has 0 spiro atoms. The zero-order valence-corrected chi connectivity index (χ0v) is 13.5. The number of ether oxygens (including phenoxy) is 1. The van der Waals surface area contributed by atoms with Crippen molar-refractivity contribution in [1.29, 1.82) is 0 Å². The Balaban J connectivity index is 1.58. The number of H-pyrrole nitrogens is 2. The van der Waals surface area contributed by atoms with Crippen LogP contribution in [0.4, 0.5) is 5.69 Å². The minimum atomic E-state index is -0.158. The minimum absolute atomic E-state index is 0.158. The van der Waals surface area contributed by atoms with E-state index >= 15 is 0 Å². The highest BCUT2D eigenvalue weighted by Gasteiger charge is 2.10. The molecule has 2 heterocycles. The van der Waals surface area contributed by atoms with Crippen LogP contribution in [0.3, 0.4) is 0 Å². The highest BCUT2D eigenvalue weighted by molar-refractivity contribution is 6.06. The largest absolute Gasteiger partial charge is 0.497 e. The van der Waals surface area contributed by atoms with Gasteiger partial charge in [0.25, 0.3) is 5.91 Å². The molecule has 4 rings (SSSR count). The lowest BCUT2D eigenvalue weighted by Crippen LogP contribution is -2.11. The van der Waals surface area contributed by atoms with Crippen LogP contribution in [-0.4, -0.2) is 28.2 Å². The Hall–Kier alpha value is -3.54. The maximum absolute atomic E-state index is 12.5. The van der Waals surface area contributed by atoms with Crippen molar-refractivity contribution >= 4 is 22.5 Å². The van der Waals surface area contributed by atoms with Crippen LogP contribution in [0, 0.1) is 0 Å². The number of hydrogen-bond acceptors (Lipinski definition) is 3. The molecule has 0 aliphatic rings. The SMILES string of the molecule is COc1ccc(NC(=O)c2ccc3[nH]c(-c4cc[nH]n4)cc3c2)cc1. The van der Waals surface area contributed by atoms with Crippen molar-refractivity contribution in [3.05, 3.63) is 66.4 Å². The molecule has 0 aliphatic heterocycles. The number of aromatic nitrogens is 3. The molecule has 124 valence electrons. The number of anilines is 1. The van der Waals surface area contributed by atoms with Gasteiger partial charge in [-0.05, 0) is 54.6 Å². The van der Waals surface area contributed by atoms with E-state index in [1.807, 2.05) is 24.3 Å². The Kier molecular flexibility index (Phi) is 3.70. The van der Waals surface area contributed by atoms with E-state index < -0.39 is 0 Å². The molecular weight excluding hydrogens is 316 g/mol. The molecule has 6 nitrogen and oxygen atoms in total. The van der Waals surface area contributed by atoms with Crippen molar-refractivity contribution in [1.82, 2.24) is 15.2 Å².